The van der Waals surface area contributed by atoms with Crippen molar-refractivity contribution in [1.29, 1.82) is 0 Å². The van der Waals surface area contributed by atoms with Crippen LogP contribution >= 0.6 is 0 Å². The molecule has 0 amide bonds. The average Bonchev–Trinajstić information content (AvgIpc) is 2.27. The van der Waals surface area contributed by atoms with E-state index in [4.69, 9.17) is 18.3 Å². The van der Waals surface area contributed by atoms with Gasteiger partial charge in [0.1, 0.15) is 6.61 Å². The summed E-state index contributed by atoms with van der Waals surface area (Å²) in [6.07, 6.45) is 3.57. The van der Waals surface area contributed by atoms with Gasteiger partial charge in [0.25, 0.3) is 0 Å². The van der Waals surface area contributed by atoms with Crippen molar-refractivity contribution < 1.29 is 18.3 Å². The number of rotatable bonds is 11. The molecule has 0 unspecified atom stereocenters. The third-order valence-electron chi connectivity index (χ3n) is 1.97. The second kappa shape index (κ2) is 11.7. The van der Waals surface area contributed by atoms with Crippen LogP contribution in [0.25, 0.3) is 0 Å². The van der Waals surface area contributed by atoms with E-state index in [1.165, 1.54) is 6.26 Å². The number of hydrogen-bond donors (Lipinski definition) is 0. The van der Waals surface area contributed by atoms with Crippen molar-refractivity contribution in [3.05, 3.63) is 12.8 Å². The van der Waals surface area contributed by atoms with E-state index in [9.17, 15) is 0 Å². The van der Waals surface area contributed by atoms with Crippen molar-refractivity contribution in [2.75, 3.05) is 34.0 Å². The fourth-order valence-corrected chi connectivity index (χ4v) is 2.43. The van der Waals surface area contributed by atoms with Crippen molar-refractivity contribution in [2.24, 2.45) is 0 Å². The fraction of sp³-hybridized carbons (Fsp3) is 0.800. The average molecular weight is 234 g/mol. The lowest BCUT2D eigenvalue weighted by atomic mass is 10.4. The van der Waals surface area contributed by atoms with Gasteiger partial charge in [-0.05, 0) is 18.9 Å². The Hall–Kier alpha value is -0.363. The molecule has 0 N–H and O–H groups in total. The number of ether oxygens (including phenoxy) is 2. The van der Waals surface area contributed by atoms with Crippen LogP contribution in [0.3, 0.4) is 0 Å². The molecule has 15 heavy (non-hydrogen) atoms. The summed E-state index contributed by atoms with van der Waals surface area (Å²) >= 11 is 0. The standard InChI is InChI=1S/C10H22O4Si/c1-4-13-8-9-14-7-5-6-10-15(11-2)12-3/h4,15H,1,5-10H2,2-3H3. The molecule has 0 fully saturated rings. The summed E-state index contributed by atoms with van der Waals surface area (Å²) in [5.41, 5.74) is 0. The third kappa shape index (κ3) is 9.93. The highest BCUT2D eigenvalue weighted by Crippen LogP contribution is 2.02. The van der Waals surface area contributed by atoms with E-state index >= 15 is 0 Å². The maximum Gasteiger partial charge on any atom is 0.320 e. The summed E-state index contributed by atoms with van der Waals surface area (Å²) in [4.78, 5) is 0. The third-order valence-corrected chi connectivity index (χ3v) is 3.90. The zero-order chi connectivity index (χ0) is 11.4. The first-order valence-electron chi connectivity index (χ1n) is 5.21. The first-order chi connectivity index (χ1) is 7.35. The van der Waals surface area contributed by atoms with E-state index in [0.29, 0.717) is 13.2 Å². The molecule has 0 aromatic rings. The monoisotopic (exact) mass is 234 g/mol. The smallest absolute Gasteiger partial charge is 0.320 e. The predicted octanol–water partition coefficient (Wildman–Crippen LogP) is 1.46. The van der Waals surface area contributed by atoms with Crippen LogP contribution < -0.4 is 0 Å². The normalized spacial score (nSPS) is 10.6. The van der Waals surface area contributed by atoms with Crippen molar-refractivity contribution in [3.63, 3.8) is 0 Å². The van der Waals surface area contributed by atoms with Gasteiger partial charge < -0.3 is 18.3 Å². The van der Waals surface area contributed by atoms with Crippen molar-refractivity contribution >= 4 is 9.28 Å². The van der Waals surface area contributed by atoms with Gasteiger partial charge >= 0.3 is 9.28 Å². The molecule has 0 rings (SSSR count). The zero-order valence-corrected chi connectivity index (χ0v) is 10.9. The highest BCUT2D eigenvalue weighted by molar-refractivity contribution is 6.44. The first kappa shape index (κ1) is 14.6. The lowest BCUT2D eigenvalue weighted by Gasteiger charge is -2.10. The molecule has 0 aliphatic rings. The molecule has 0 aromatic heterocycles. The van der Waals surface area contributed by atoms with Crippen LogP contribution in [-0.2, 0) is 18.3 Å². The highest BCUT2D eigenvalue weighted by atomic mass is 28.3. The molecule has 90 valence electrons. The lowest BCUT2D eigenvalue weighted by molar-refractivity contribution is 0.0831. The number of unbranched alkanes of at least 4 members (excludes halogenated alkanes) is 1. The minimum atomic E-state index is -1.36. The molecule has 0 saturated heterocycles. The Labute approximate surface area is 94.0 Å². The molecule has 0 heterocycles. The minimum absolute atomic E-state index is 0.580. The van der Waals surface area contributed by atoms with Gasteiger partial charge in [0.2, 0.25) is 0 Å². The van der Waals surface area contributed by atoms with Crippen molar-refractivity contribution in [2.45, 2.75) is 18.9 Å². The molecule has 0 radical (unpaired) electrons. The second-order valence-corrected chi connectivity index (χ2v) is 5.43. The van der Waals surface area contributed by atoms with Crippen LogP contribution in [0.15, 0.2) is 12.8 Å². The summed E-state index contributed by atoms with van der Waals surface area (Å²) in [6.45, 7) is 5.42. The Morgan fingerprint density at radius 1 is 1.07 bits per heavy atom. The van der Waals surface area contributed by atoms with Crippen molar-refractivity contribution in [3.8, 4) is 0 Å². The highest BCUT2D eigenvalue weighted by Gasteiger charge is 2.07. The SMILES string of the molecule is C=COCCOCCCC[SiH](OC)OC. The maximum atomic E-state index is 5.35. The Kier molecular flexibility index (Phi) is 11.4. The first-order valence-corrected chi connectivity index (χ1v) is 6.97. The van der Waals surface area contributed by atoms with Crippen LogP contribution in [0.1, 0.15) is 12.8 Å². The van der Waals surface area contributed by atoms with E-state index in [0.717, 1.165) is 25.5 Å². The van der Waals surface area contributed by atoms with Gasteiger partial charge in [-0.3, -0.25) is 0 Å². The molecular formula is C10H22O4Si. The van der Waals surface area contributed by atoms with E-state index in [1.807, 2.05) is 0 Å². The molecular weight excluding hydrogens is 212 g/mol. The quantitative estimate of drug-likeness (QED) is 0.308. The Morgan fingerprint density at radius 2 is 1.80 bits per heavy atom. The molecule has 4 nitrogen and oxygen atoms in total. The lowest BCUT2D eigenvalue weighted by Crippen LogP contribution is -2.18. The molecule has 0 aliphatic heterocycles. The molecule has 0 aromatic carbocycles. The van der Waals surface area contributed by atoms with Gasteiger partial charge in [-0.25, -0.2) is 0 Å². The van der Waals surface area contributed by atoms with Gasteiger partial charge in [0.05, 0.1) is 12.9 Å². The van der Waals surface area contributed by atoms with E-state index < -0.39 is 9.28 Å². The molecule has 0 spiro atoms. The molecule has 0 atom stereocenters. The van der Waals surface area contributed by atoms with Crippen molar-refractivity contribution in [1.82, 2.24) is 0 Å². The van der Waals surface area contributed by atoms with Crippen LogP contribution in [0.5, 0.6) is 0 Å². The van der Waals surface area contributed by atoms with Gasteiger partial charge in [0, 0.05) is 20.8 Å². The molecule has 0 bridgehead atoms. The van der Waals surface area contributed by atoms with Gasteiger partial charge in [-0.1, -0.05) is 6.58 Å². The predicted molar refractivity (Wildman–Crippen MR) is 62.2 cm³/mol. The summed E-state index contributed by atoms with van der Waals surface area (Å²) in [6, 6.07) is 1.04. The fourth-order valence-electron chi connectivity index (χ4n) is 1.14. The molecule has 5 heteroatoms. The summed E-state index contributed by atoms with van der Waals surface area (Å²) < 4.78 is 20.7. The molecule has 0 saturated carbocycles. The molecule has 0 aliphatic carbocycles. The van der Waals surface area contributed by atoms with Gasteiger partial charge in [-0.15, -0.1) is 0 Å². The number of hydrogen-bond acceptors (Lipinski definition) is 4. The maximum absolute atomic E-state index is 5.35. The van der Waals surface area contributed by atoms with E-state index in [1.54, 1.807) is 14.2 Å². The topological polar surface area (TPSA) is 36.9 Å². The minimum Gasteiger partial charge on any atom is -0.499 e. The Morgan fingerprint density at radius 3 is 2.40 bits per heavy atom. The van der Waals surface area contributed by atoms with Crippen LogP contribution in [0.2, 0.25) is 6.04 Å². The summed E-state index contributed by atoms with van der Waals surface area (Å²) in [7, 11) is 2.07. The van der Waals surface area contributed by atoms with Crippen LogP contribution in [0.4, 0.5) is 0 Å². The van der Waals surface area contributed by atoms with Crippen LogP contribution in [-0.4, -0.2) is 43.3 Å². The van der Waals surface area contributed by atoms with Crippen LogP contribution in [0, 0.1) is 0 Å². The summed E-state index contributed by atoms with van der Waals surface area (Å²) in [5.74, 6) is 0. The van der Waals surface area contributed by atoms with E-state index in [2.05, 4.69) is 6.58 Å². The van der Waals surface area contributed by atoms with E-state index in [-0.39, 0.29) is 0 Å². The Bertz CT molecular complexity index is 139. The summed E-state index contributed by atoms with van der Waals surface area (Å²) in [5, 5.41) is 0. The van der Waals surface area contributed by atoms with Gasteiger partial charge in [-0.2, -0.15) is 0 Å². The largest absolute Gasteiger partial charge is 0.499 e. The second-order valence-electron chi connectivity index (χ2n) is 3.05. The van der Waals surface area contributed by atoms with Gasteiger partial charge in [0.15, 0.2) is 0 Å². The zero-order valence-electron chi connectivity index (χ0n) is 9.74. The Balaban J connectivity index is 3.07.